The van der Waals surface area contributed by atoms with Crippen molar-refractivity contribution >= 4 is 38.2 Å². The van der Waals surface area contributed by atoms with Crippen LogP contribution in [-0.2, 0) is 10.0 Å². The van der Waals surface area contributed by atoms with Gasteiger partial charge in [0.25, 0.3) is 11.5 Å². The second-order valence-corrected chi connectivity index (χ2v) is 8.72. The summed E-state index contributed by atoms with van der Waals surface area (Å²) in [6.07, 6.45) is 0.594. The van der Waals surface area contributed by atoms with Crippen LogP contribution < -0.4 is 19.9 Å². The number of aromatic nitrogens is 1. The van der Waals surface area contributed by atoms with Crippen LogP contribution in [0.3, 0.4) is 0 Å². The van der Waals surface area contributed by atoms with Crippen molar-refractivity contribution in [2.24, 2.45) is 0 Å². The molecule has 2 heterocycles. The molecule has 1 aliphatic rings. The van der Waals surface area contributed by atoms with Gasteiger partial charge in [0.05, 0.1) is 18.6 Å². The lowest BCUT2D eigenvalue weighted by Crippen LogP contribution is -2.25. The quantitative estimate of drug-likeness (QED) is 0.682. The standard InChI is InChI=1S/C20H19N3O5S/c1-28-16-7-8-18-13(11-16)12-17(20(25)22-18)19(24)21-14-3-5-15(6-4-14)23-9-2-10-29(23,26)27/h3-8,11-12H,2,9-10H2,1H3,(H,21,24)(H,22,25). The lowest BCUT2D eigenvalue weighted by molar-refractivity contribution is 0.102. The van der Waals surface area contributed by atoms with Crippen molar-refractivity contribution < 1.29 is 17.9 Å². The number of hydrogen-bond acceptors (Lipinski definition) is 5. The van der Waals surface area contributed by atoms with E-state index in [1.165, 1.54) is 17.5 Å². The maximum absolute atomic E-state index is 12.6. The van der Waals surface area contributed by atoms with Gasteiger partial charge in [0.1, 0.15) is 11.3 Å². The number of amides is 1. The molecule has 0 atom stereocenters. The highest BCUT2D eigenvalue weighted by Gasteiger charge is 2.28. The molecular formula is C20H19N3O5S. The Bertz CT molecular complexity index is 1250. The second-order valence-electron chi connectivity index (χ2n) is 6.71. The minimum atomic E-state index is -3.26. The molecule has 1 saturated heterocycles. The average molecular weight is 413 g/mol. The minimum absolute atomic E-state index is 0.0306. The first kappa shape index (κ1) is 19.0. The first-order valence-electron chi connectivity index (χ1n) is 9.00. The average Bonchev–Trinajstić information content (AvgIpc) is 3.06. The van der Waals surface area contributed by atoms with Crippen molar-refractivity contribution in [1.29, 1.82) is 0 Å². The van der Waals surface area contributed by atoms with Crippen molar-refractivity contribution in [3.63, 3.8) is 0 Å². The zero-order chi connectivity index (χ0) is 20.6. The molecule has 150 valence electrons. The zero-order valence-electron chi connectivity index (χ0n) is 15.6. The van der Waals surface area contributed by atoms with E-state index in [1.54, 1.807) is 42.5 Å². The molecule has 1 aromatic heterocycles. The summed E-state index contributed by atoms with van der Waals surface area (Å²) in [7, 11) is -1.72. The van der Waals surface area contributed by atoms with E-state index in [0.29, 0.717) is 41.0 Å². The Morgan fingerprint density at radius 1 is 1.14 bits per heavy atom. The highest BCUT2D eigenvalue weighted by molar-refractivity contribution is 7.93. The summed E-state index contributed by atoms with van der Waals surface area (Å²) in [5, 5.41) is 3.34. The second kappa shape index (κ2) is 7.25. The Balaban J connectivity index is 1.58. The van der Waals surface area contributed by atoms with E-state index < -0.39 is 21.5 Å². The smallest absolute Gasteiger partial charge is 0.261 e. The van der Waals surface area contributed by atoms with E-state index in [4.69, 9.17) is 4.74 Å². The van der Waals surface area contributed by atoms with Gasteiger partial charge in [-0.1, -0.05) is 0 Å². The largest absolute Gasteiger partial charge is 0.497 e. The number of nitrogens with one attached hydrogen (secondary N) is 2. The number of anilines is 2. The van der Waals surface area contributed by atoms with Gasteiger partial charge in [0.15, 0.2) is 0 Å². The minimum Gasteiger partial charge on any atom is -0.497 e. The third-order valence-electron chi connectivity index (χ3n) is 4.81. The number of nitrogens with zero attached hydrogens (tertiary/aromatic N) is 1. The van der Waals surface area contributed by atoms with Crippen LogP contribution in [0.1, 0.15) is 16.8 Å². The molecule has 1 fully saturated rings. The van der Waals surface area contributed by atoms with Gasteiger partial charge in [-0.3, -0.25) is 13.9 Å². The molecule has 0 bridgehead atoms. The SMILES string of the molecule is COc1ccc2[nH]c(=O)c(C(=O)Nc3ccc(N4CCCS4(=O)=O)cc3)cc2c1. The van der Waals surface area contributed by atoms with Gasteiger partial charge in [-0.15, -0.1) is 0 Å². The van der Waals surface area contributed by atoms with Crippen LogP contribution in [0.15, 0.2) is 53.3 Å². The Labute approximate surface area is 167 Å². The summed E-state index contributed by atoms with van der Waals surface area (Å²) in [5.41, 5.74) is 1.08. The molecule has 1 aliphatic heterocycles. The summed E-state index contributed by atoms with van der Waals surface area (Å²) >= 11 is 0. The first-order valence-corrected chi connectivity index (χ1v) is 10.6. The van der Waals surface area contributed by atoms with Crippen molar-refractivity contribution in [1.82, 2.24) is 4.98 Å². The molecule has 1 amide bonds. The van der Waals surface area contributed by atoms with Crippen LogP contribution in [0.5, 0.6) is 5.75 Å². The number of aromatic amines is 1. The summed E-state index contributed by atoms with van der Waals surface area (Å²) in [4.78, 5) is 27.6. The molecule has 0 spiro atoms. The maximum Gasteiger partial charge on any atom is 0.261 e. The van der Waals surface area contributed by atoms with Crippen LogP contribution in [0, 0.1) is 0 Å². The lowest BCUT2D eigenvalue weighted by Gasteiger charge is -2.17. The monoisotopic (exact) mass is 413 g/mol. The van der Waals surface area contributed by atoms with Gasteiger partial charge < -0.3 is 15.0 Å². The molecule has 8 nitrogen and oxygen atoms in total. The van der Waals surface area contributed by atoms with Crippen molar-refractivity contribution in [2.45, 2.75) is 6.42 Å². The van der Waals surface area contributed by atoms with E-state index in [9.17, 15) is 18.0 Å². The van der Waals surface area contributed by atoms with Gasteiger partial charge in [0, 0.05) is 23.1 Å². The molecule has 0 unspecified atom stereocenters. The van der Waals surface area contributed by atoms with Crippen LogP contribution in [0.25, 0.3) is 10.9 Å². The lowest BCUT2D eigenvalue weighted by atomic mass is 10.1. The van der Waals surface area contributed by atoms with Crippen molar-refractivity contribution in [3.8, 4) is 5.75 Å². The predicted octanol–water partition coefficient (Wildman–Crippen LogP) is 2.33. The summed E-state index contributed by atoms with van der Waals surface area (Å²) < 4.78 is 30.6. The highest BCUT2D eigenvalue weighted by Crippen LogP contribution is 2.25. The molecule has 0 aliphatic carbocycles. The topological polar surface area (TPSA) is 109 Å². The third-order valence-corrected chi connectivity index (χ3v) is 6.68. The zero-order valence-corrected chi connectivity index (χ0v) is 16.5. The Morgan fingerprint density at radius 3 is 2.55 bits per heavy atom. The molecule has 4 rings (SSSR count). The van der Waals surface area contributed by atoms with E-state index >= 15 is 0 Å². The van der Waals surface area contributed by atoms with Gasteiger partial charge >= 0.3 is 0 Å². The number of H-pyrrole nitrogens is 1. The predicted molar refractivity (Wildman–Crippen MR) is 111 cm³/mol. The van der Waals surface area contributed by atoms with Gasteiger partial charge in [-0.05, 0) is 55.0 Å². The Hall–Kier alpha value is -3.33. The number of carbonyl (C=O) groups excluding carboxylic acids is 1. The molecule has 0 saturated carbocycles. The third kappa shape index (κ3) is 3.68. The van der Waals surface area contributed by atoms with Crippen LogP contribution in [0.2, 0.25) is 0 Å². The number of carbonyl (C=O) groups is 1. The van der Waals surface area contributed by atoms with Crippen molar-refractivity contribution in [3.05, 3.63) is 64.4 Å². The maximum atomic E-state index is 12.6. The van der Waals surface area contributed by atoms with Crippen LogP contribution in [0.4, 0.5) is 11.4 Å². The van der Waals surface area contributed by atoms with E-state index in [2.05, 4.69) is 10.3 Å². The summed E-state index contributed by atoms with van der Waals surface area (Å²) in [5.74, 6) is 0.196. The summed E-state index contributed by atoms with van der Waals surface area (Å²) in [6.45, 7) is 0.448. The van der Waals surface area contributed by atoms with E-state index in [-0.39, 0.29) is 11.3 Å². The molecule has 0 radical (unpaired) electrons. The Kier molecular flexibility index (Phi) is 4.75. The number of methoxy groups -OCH3 is 1. The fourth-order valence-corrected chi connectivity index (χ4v) is 4.88. The van der Waals surface area contributed by atoms with Crippen molar-refractivity contribution in [2.75, 3.05) is 29.0 Å². The van der Waals surface area contributed by atoms with Crippen LogP contribution in [-0.4, -0.2) is 38.7 Å². The molecule has 29 heavy (non-hydrogen) atoms. The number of rotatable bonds is 4. The van der Waals surface area contributed by atoms with Gasteiger partial charge in [-0.2, -0.15) is 0 Å². The fourth-order valence-electron chi connectivity index (χ4n) is 3.32. The molecular weight excluding hydrogens is 394 g/mol. The summed E-state index contributed by atoms with van der Waals surface area (Å²) in [6, 6.07) is 13.2. The fraction of sp³-hybridized carbons (Fsp3) is 0.200. The number of pyridine rings is 1. The number of fused-ring (bicyclic) bond motifs is 1. The number of benzene rings is 2. The van der Waals surface area contributed by atoms with E-state index in [1.807, 2.05) is 0 Å². The normalized spacial score (nSPS) is 15.4. The first-order chi connectivity index (χ1) is 13.9. The number of ether oxygens (including phenoxy) is 1. The number of sulfonamides is 1. The molecule has 3 aromatic rings. The number of hydrogen-bond donors (Lipinski definition) is 2. The molecule has 2 N–H and O–H groups in total. The molecule has 2 aromatic carbocycles. The Morgan fingerprint density at radius 2 is 1.90 bits per heavy atom. The van der Waals surface area contributed by atoms with E-state index in [0.717, 1.165) is 0 Å². The van der Waals surface area contributed by atoms with Crippen LogP contribution >= 0.6 is 0 Å². The highest BCUT2D eigenvalue weighted by atomic mass is 32.2. The molecule has 9 heteroatoms. The van der Waals surface area contributed by atoms with Gasteiger partial charge in [0.2, 0.25) is 10.0 Å². The van der Waals surface area contributed by atoms with Gasteiger partial charge in [-0.25, -0.2) is 8.42 Å².